The number of aryl methyl sites for hydroxylation is 4. The van der Waals surface area contributed by atoms with Crippen LogP contribution in [-0.2, 0) is 18.3 Å². The number of hydrogen-bond acceptors (Lipinski definition) is 2. The summed E-state index contributed by atoms with van der Waals surface area (Å²) in [4.78, 5) is 12.0. The number of aromatic nitrogens is 2. The van der Waals surface area contributed by atoms with E-state index in [9.17, 15) is 4.79 Å². The molecule has 2 aromatic rings. The van der Waals surface area contributed by atoms with Crippen LogP contribution >= 0.6 is 0 Å². The lowest BCUT2D eigenvalue weighted by Crippen LogP contribution is -2.16. The van der Waals surface area contributed by atoms with Gasteiger partial charge in [0.05, 0.1) is 12.1 Å². The quantitative estimate of drug-likeness (QED) is 0.918. The van der Waals surface area contributed by atoms with Gasteiger partial charge in [-0.25, -0.2) is 0 Å². The molecule has 0 spiro atoms. The van der Waals surface area contributed by atoms with Gasteiger partial charge in [-0.2, -0.15) is 5.10 Å². The van der Waals surface area contributed by atoms with Gasteiger partial charge in [0.15, 0.2) is 0 Å². The monoisotopic (exact) mass is 257 g/mol. The van der Waals surface area contributed by atoms with Gasteiger partial charge in [0, 0.05) is 13.1 Å². The predicted molar refractivity (Wildman–Crippen MR) is 76.2 cm³/mol. The molecule has 0 fully saturated rings. The molecule has 0 atom stereocenters. The van der Waals surface area contributed by atoms with E-state index < -0.39 is 0 Å². The second kappa shape index (κ2) is 5.26. The Kier molecular flexibility index (Phi) is 3.69. The predicted octanol–water partition coefficient (Wildman–Crippen LogP) is 2.53. The standard InChI is InChI=1S/C15H19N3O/c1-10-5-6-13(7-11(10)2)9-15(19)16-14-8-12(3)17-18(14)4/h5-8H,9H2,1-4H3,(H,16,19). The zero-order chi connectivity index (χ0) is 14.0. The molecule has 0 unspecified atom stereocenters. The minimum absolute atomic E-state index is 0.0220. The number of nitrogens with zero attached hydrogens (tertiary/aromatic N) is 2. The Hall–Kier alpha value is -2.10. The van der Waals surface area contributed by atoms with Crippen LogP contribution in [0.2, 0.25) is 0 Å². The first kappa shape index (κ1) is 13.3. The number of carbonyl (C=O) groups excluding carboxylic acids is 1. The third-order valence-corrected chi connectivity index (χ3v) is 3.21. The van der Waals surface area contributed by atoms with E-state index in [1.54, 1.807) is 4.68 Å². The fourth-order valence-electron chi connectivity index (χ4n) is 2.01. The maximum Gasteiger partial charge on any atom is 0.229 e. The fourth-order valence-corrected chi connectivity index (χ4v) is 2.01. The van der Waals surface area contributed by atoms with Crippen molar-refractivity contribution in [3.63, 3.8) is 0 Å². The Bertz CT molecular complexity index is 614. The highest BCUT2D eigenvalue weighted by atomic mass is 16.1. The second-order valence-corrected chi connectivity index (χ2v) is 4.94. The van der Waals surface area contributed by atoms with Crippen molar-refractivity contribution in [2.45, 2.75) is 27.2 Å². The van der Waals surface area contributed by atoms with Gasteiger partial charge in [0.25, 0.3) is 0 Å². The largest absolute Gasteiger partial charge is 0.311 e. The molecule has 2 rings (SSSR count). The van der Waals surface area contributed by atoms with Crippen molar-refractivity contribution in [3.05, 3.63) is 46.6 Å². The minimum Gasteiger partial charge on any atom is -0.311 e. The SMILES string of the molecule is Cc1cc(NC(=O)Cc2ccc(C)c(C)c2)n(C)n1. The van der Waals surface area contributed by atoms with Crippen molar-refractivity contribution in [2.24, 2.45) is 7.05 Å². The minimum atomic E-state index is -0.0220. The van der Waals surface area contributed by atoms with Gasteiger partial charge < -0.3 is 5.32 Å². The first-order valence-corrected chi connectivity index (χ1v) is 6.32. The number of carbonyl (C=O) groups is 1. The molecule has 1 aromatic heterocycles. The van der Waals surface area contributed by atoms with Gasteiger partial charge >= 0.3 is 0 Å². The average Bonchev–Trinajstić information content (AvgIpc) is 2.62. The molecular weight excluding hydrogens is 238 g/mol. The fraction of sp³-hybridized carbons (Fsp3) is 0.333. The first-order valence-electron chi connectivity index (χ1n) is 6.32. The Morgan fingerprint density at radius 3 is 2.53 bits per heavy atom. The van der Waals surface area contributed by atoms with Crippen LogP contribution in [0.5, 0.6) is 0 Å². The summed E-state index contributed by atoms with van der Waals surface area (Å²) in [6, 6.07) is 7.96. The van der Waals surface area contributed by atoms with E-state index in [1.165, 1.54) is 11.1 Å². The van der Waals surface area contributed by atoms with Crippen molar-refractivity contribution in [2.75, 3.05) is 5.32 Å². The molecule has 1 amide bonds. The van der Waals surface area contributed by atoms with Crippen LogP contribution < -0.4 is 5.32 Å². The van der Waals surface area contributed by atoms with E-state index in [0.29, 0.717) is 6.42 Å². The number of anilines is 1. The molecule has 1 aromatic carbocycles. The Morgan fingerprint density at radius 2 is 1.95 bits per heavy atom. The number of hydrogen-bond donors (Lipinski definition) is 1. The molecule has 0 saturated carbocycles. The maximum absolute atomic E-state index is 12.0. The maximum atomic E-state index is 12.0. The number of amides is 1. The summed E-state index contributed by atoms with van der Waals surface area (Å²) in [7, 11) is 1.82. The zero-order valence-electron chi connectivity index (χ0n) is 11.8. The summed E-state index contributed by atoms with van der Waals surface area (Å²) in [6.45, 7) is 6.03. The van der Waals surface area contributed by atoms with Gasteiger partial charge in [-0.15, -0.1) is 0 Å². The second-order valence-electron chi connectivity index (χ2n) is 4.94. The average molecular weight is 257 g/mol. The van der Waals surface area contributed by atoms with E-state index in [0.717, 1.165) is 17.1 Å². The molecule has 4 heteroatoms. The summed E-state index contributed by atoms with van der Waals surface area (Å²) in [5.74, 6) is 0.706. The topological polar surface area (TPSA) is 46.9 Å². The van der Waals surface area contributed by atoms with Crippen LogP contribution in [0.4, 0.5) is 5.82 Å². The highest BCUT2D eigenvalue weighted by Crippen LogP contribution is 2.12. The molecule has 1 heterocycles. The lowest BCUT2D eigenvalue weighted by molar-refractivity contribution is -0.115. The molecule has 0 bridgehead atoms. The van der Waals surface area contributed by atoms with Crippen LogP contribution in [0.15, 0.2) is 24.3 Å². The third kappa shape index (κ3) is 3.22. The van der Waals surface area contributed by atoms with Crippen molar-refractivity contribution in [1.29, 1.82) is 0 Å². The molecule has 1 N–H and O–H groups in total. The Morgan fingerprint density at radius 1 is 1.21 bits per heavy atom. The van der Waals surface area contributed by atoms with Gasteiger partial charge in [0.2, 0.25) is 5.91 Å². The zero-order valence-corrected chi connectivity index (χ0v) is 11.8. The Balaban J connectivity index is 2.05. The summed E-state index contributed by atoms with van der Waals surface area (Å²) in [6.07, 6.45) is 0.380. The highest BCUT2D eigenvalue weighted by Gasteiger charge is 2.08. The lowest BCUT2D eigenvalue weighted by Gasteiger charge is -2.07. The van der Waals surface area contributed by atoms with E-state index in [4.69, 9.17) is 0 Å². The third-order valence-electron chi connectivity index (χ3n) is 3.21. The number of rotatable bonds is 3. The van der Waals surface area contributed by atoms with Crippen LogP contribution in [0.25, 0.3) is 0 Å². The van der Waals surface area contributed by atoms with E-state index in [1.807, 2.05) is 32.2 Å². The van der Waals surface area contributed by atoms with Crippen molar-refractivity contribution >= 4 is 11.7 Å². The molecule has 0 saturated heterocycles. The van der Waals surface area contributed by atoms with Crippen molar-refractivity contribution in [1.82, 2.24) is 9.78 Å². The van der Waals surface area contributed by atoms with Gasteiger partial charge in [-0.1, -0.05) is 18.2 Å². The van der Waals surface area contributed by atoms with Crippen molar-refractivity contribution < 1.29 is 4.79 Å². The van der Waals surface area contributed by atoms with E-state index in [-0.39, 0.29) is 5.91 Å². The van der Waals surface area contributed by atoms with E-state index in [2.05, 4.69) is 30.3 Å². The van der Waals surface area contributed by atoms with Gasteiger partial charge in [-0.05, 0) is 37.5 Å². The van der Waals surface area contributed by atoms with Crippen LogP contribution in [-0.4, -0.2) is 15.7 Å². The van der Waals surface area contributed by atoms with E-state index >= 15 is 0 Å². The Labute approximate surface area is 113 Å². The molecular formula is C15H19N3O. The molecule has 0 aliphatic carbocycles. The molecule has 19 heavy (non-hydrogen) atoms. The van der Waals surface area contributed by atoms with Gasteiger partial charge in [0.1, 0.15) is 5.82 Å². The summed E-state index contributed by atoms with van der Waals surface area (Å²) >= 11 is 0. The highest BCUT2D eigenvalue weighted by molar-refractivity contribution is 5.91. The molecule has 0 radical (unpaired) electrons. The summed E-state index contributed by atoms with van der Waals surface area (Å²) in [5, 5.41) is 7.07. The van der Waals surface area contributed by atoms with Gasteiger partial charge in [-0.3, -0.25) is 9.48 Å². The number of benzene rings is 1. The normalized spacial score (nSPS) is 10.5. The van der Waals surface area contributed by atoms with Crippen LogP contribution in [0.3, 0.4) is 0 Å². The van der Waals surface area contributed by atoms with Crippen LogP contribution in [0.1, 0.15) is 22.4 Å². The smallest absolute Gasteiger partial charge is 0.229 e. The van der Waals surface area contributed by atoms with Crippen LogP contribution in [0, 0.1) is 20.8 Å². The molecule has 0 aliphatic rings. The van der Waals surface area contributed by atoms with Crippen molar-refractivity contribution in [3.8, 4) is 0 Å². The lowest BCUT2D eigenvalue weighted by atomic mass is 10.0. The summed E-state index contributed by atoms with van der Waals surface area (Å²) in [5.41, 5.74) is 4.37. The molecule has 100 valence electrons. The first-order chi connectivity index (χ1) is 8.95. The molecule has 4 nitrogen and oxygen atoms in total. The summed E-state index contributed by atoms with van der Waals surface area (Å²) < 4.78 is 1.67. The number of nitrogens with one attached hydrogen (secondary N) is 1. The molecule has 0 aliphatic heterocycles.